The third-order valence-corrected chi connectivity index (χ3v) is 5.39. The normalized spacial score (nSPS) is 12.5. The number of aliphatic carboxylic acids is 1. The van der Waals surface area contributed by atoms with Crippen molar-refractivity contribution >= 4 is 28.6 Å². The predicted molar refractivity (Wildman–Crippen MR) is 122 cm³/mol. The Morgan fingerprint density at radius 2 is 1.79 bits per heavy atom. The highest BCUT2D eigenvalue weighted by Gasteiger charge is 2.31. The molecule has 0 fully saturated rings. The summed E-state index contributed by atoms with van der Waals surface area (Å²) in [5.41, 5.74) is 3.97. The van der Waals surface area contributed by atoms with Crippen LogP contribution in [0.5, 0.6) is 5.75 Å². The molecule has 0 saturated carbocycles. The summed E-state index contributed by atoms with van der Waals surface area (Å²) in [7, 11) is 0. The van der Waals surface area contributed by atoms with Gasteiger partial charge in [-0.1, -0.05) is 36.4 Å². The molecule has 4 rings (SSSR count). The molecule has 0 radical (unpaired) electrons. The van der Waals surface area contributed by atoms with E-state index in [-0.39, 0.29) is 18.2 Å². The zero-order chi connectivity index (χ0) is 24.3. The topological polar surface area (TPSA) is 76.4 Å². The number of hydrogen-bond acceptors (Lipinski definition) is 4. The van der Waals surface area contributed by atoms with Crippen molar-refractivity contribution in [1.29, 1.82) is 0 Å². The summed E-state index contributed by atoms with van der Waals surface area (Å²) in [4.78, 5) is 15.7. The number of benzene rings is 3. The molecule has 1 aromatic heterocycles. The SMILES string of the molecule is CC(c1ccccc1)n1c(Nc2ccc(OC(F)(F)F)cc2)nc2cc(CCC(=O)O)ccc21. The highest BCUT2D eigenvalue weighted by molar-refractivity contribution is 5.81. The molecule has 1 unspecified atom stereocenters. The Hall–Kier alpha value is -4.01. The Labute approximate surface area is 193 Å². The average Bonchev–Trinajstić information content (AvgIpc) is 3.15. The number of hydrogen-bond donors (Lipinski definition) is 2. The molecule has 1 heterocycles. The van der Waals surface area contributed by atoms with Crippen LogP contribution in [0.25, 0.3) is 11.0 Å². The number of carboxylic acid groups (broad SMARTS) is 1. The highest BCUT2D eigenvalue weighted by atomic mass is 19.4. The van der Waals surface area contributed by atoms with Gasteiger partial charge in [-0.05, 0) is 60.9 Å². The van der Waals surface area contributed by atoms with Crippen molar-refractivity contribution in [2.24, 2.45) is 0 Å². The summed E-state index contributed by atoms with van der Waals surface area (Å²) in [5, 5.41) is 12.2. The fraction of sp³-hybridized carbons (Fsp3) is 0.200. The molecule has 34 heavy (non-hydrogen) atoms. The van der Waals surface area contributed by atoms with Crippen molar-refractivity contribution < 1.29 is 27.8 Å². The molecule has 2 N–H and O–H groups in total. The number of carboxylic acids is 1. The number of halogens is 3. The van der Waals surface area contributed by atoms with Crippen LogP contribution in [0.4, 0.5) is 24.8 Å². The van der Waals surface area contributed by atoms with Gasteiger partial charge in [0.05, 0.1) is 17.1 Å². The van der Waals surface area contributed by atoms with Crippen molar-refractivity contribution in [3.05, 3.63) is 83.9 Å². The number of carbonyl (C=O) groups is 1. The number of nitrogens with one attached hydrogen (secondary N) is 1. The summed E-state index contributed by atoms with van der Waals surface area (Å²) in [6.45, 7) is 2.03. The summed E-state index contributed by atoms with van der Waals surface area (Å²) < 4.78 is 43.3. The number of nitrogens with zero attached hydrogens (tertiary/aromatic N) is 2. The Morgan fingerprint density at radius 1 is 1.09 bits per heavy atom. The van der Waals surface area contributed by atoms with E-state index in [1.807, 2.05) is 60.0 Å². The molecule has 176 valence electrons. The van der Waals surface area contributed by atoms with Crippen molar-refractivity contribution in [2.45, 2.75) is 32.2 Å². The van der Waals surface area contributed by atoms with Gasteiger partial charge in [0.1, 0.15) is 5.75 Å². The molecule has 0 aliphatic carbocycles. The lowest BCUT2D eigenvalue weighted by atomic mass is 10.1. The van der Waals surface area contributed by atoms with Crippen LogP contribution in [0.15, 0.2) is 72.8 Å². The number of aryl methyl sites for hydroxylation is 1. The van der Waals surface area contributed by atoms with Crippen LogP contribution in [-0.4, -0.2) is 27.0 Å². The van der Waals surface area contributed by atoms with Crippen LogP contribution >= 0.6 is 0 Å². The first-order chi connectivity index (χ1) is 16.2. The summed E-state index contributed by atoms with van der Waals surface area (Å²) in [6, 6.07) is 20.8. The Balaban J connectivity index is 1.70. The van der Waals surface area contributed by atoms with Crippen LogP contribution in [0.1, 0.15) is 30.5 Å². The van der Waals surface area contributed by atoms with Gasteiger partial charge in [0.15, 0.2) is 0 Å². The van der Waals surface area contributed by atoms with Crippen molar-refractivity contribution in [3.8, 4) is 5.75 Å². The number of anilines is 2. The first-order valence-corrected chi connectivity index (χ1v) is 10.6. The van der Waals surface area contributed by atoms with E-state index in [1.54, 1.807) is 0 Å². The first kappa shape index (κ1) is 23.2. The molecular weight excluding hydrogens is 447 g/mol. The second-order valence-electron chi connectivity index (χ2n) is 7.81. The molecule has 0 aliphatic rings. The van der Waals surface area contributed by atoms with Crippen LogP contribution in [0.2, 0.25) is 0 Å². The maximum atomic E-state index is 12.5. The molecule has 1 atom stereocenters. The second kappa shape index (κ2) is 9.46. The van der Waals surface area contributed by atoms with E-state index in [9.17, 15) is 18.0 Å². The molecule has 0 amide bonds. The van der Waals surface area contributed by atoms with Crippen molar-refractivity contribution in [1.82, 2.24) is 9.55 Å². The number of fused-ring (bicyclic) bond motifs is 1. The molecule has 3 aromatic carbocycles. The molecule has 0 bridgehead atoms. The number of aromatic nitrogens is 2. The van der Waals surface area contributed by atoms with Gasteiger partial charge in [-0.3, -0.25) is 4.79 Å². The fourth-order valence-electron chi connectivity index (χ4n) is 3.78. The van der Waals surface area contributed by atoms with Gasteiger partial charge in [0.25, 0.3) is 0 Å². The fourth-order valence-corrected chi connectivity index (χ4v) is 3.78. The van der Waals surface area contributed by atoms with Crippen LogP contribution in [0.3, 0.4) is 0 Å². The van der Waals surface area contributed by atoms with Gasteiger partial charge in [-0.15, -0.1) is 13.2 Å². The zero-order valence-electron chi connectivity index (χ0n) is 18.2. The van der Waals surface area contributed by atoms with E-state index >= 15 is 0 Å². The quantitative estimate of drug-likeness (QED) is 0.317. The van der Waals surface area contributed by atoms with E-state index in [4.69, 9.17) is 10.1 Å². The van der Waals surface area contributed by atoms with Crippen LogP contribution in [-0.2, 0) is 11.2 Å². The van der Waals surface area contributed by atoms with Crippen LogP contribution < -0.4 is 10.1 Å². The highest BCUT2D eigenvalue weighted by Crippen LogP contribution is 2.32. The lowest BCUT2D eigenvalue weighted by molar-refractivity contribution is -0.274. The van der Waals surface area contributed by atoms with Gasteiger partial charge >= 0.3 is 12.3 Å². The number of alkyl halides is 3. The largest absolute Gasteiger partial charge is 0.573 e. The second-order valence-corrected chi connectivity index (χ2v) is 7.81. The summed E-state index contributed by atoms with van der Waals surface area (Å²) in [5.74, 6) is -0.679. The molecule has 4 aromatic rings. The maximum absolute atomic E-state index is 12.5. The summed E-state index contributed by atoms with van der Waals surface area (Å²) >= 11 is 0. The number of rotatable bonds is 8. The molecule has 0 saturated heterocycles. The minimum absolute atomic E-state index is 0.0179. The molecule has 9 heteroatoms. The van der Waals surface area contributed by atoms with E-state index in [0.29, 0.717) is 23.6 Å². The van der Waals surface area contributed by atoms with Gasteiger partial charge < -0.3 is 19.7 Å². The van der Waals surface area contributed by atoms with Crippen LogP contribution in [0, 0.1) is 0 Å². The maximum Gasteiger partial charge on any atom is 0.573 e. The molecular formula is C25H22F3N3O3. The van der Waals surface area contributed by atoms with Gasteiger partial charge in [0.2, 0.25) is 5.95 Å². The standard InChI is InChI=1S/C25H22F3N3O3/c1-16(18-5-3-2-4-6-18)31-22-13-7-17(8-14-23(32)33)15-21(22)30-24(31)29-19-9-11-20(12-10-19)34-25(26,27)28/h2-7,9-13,15-16H,8,14H2,1H3,(H,29,30)(H,32,33). The predicted octanol–water partition coefficient (Wildman–Crippen LogP) is 6.31. The Bertz CT molecular complexity index is 1290. The van der Waals surface area contributed by atoms with Gasteiger partial charge in [-0.25, -0.2) is 4.98 Å². The van der Waals surface area contributed by atoms with Crippen molar-refractivity contribution in [2.75, 3.05) is 5.32 Å². The third kappa shape index (κ3) is 5.48. The molecule has 6 nitrogen and oxygen atoms in total. The minimum Gasteiger partial charge on any atom is -0.481 e. The Kier molecular flexibility index (Phi) is 6.45. The lowest BCUT2D eigenvalue weighted by Crippen LogP contribution is -2.17. The van der Waals surface area contributed by atoms with E-state index in [1.165, 1.54) is 24.3 Å². The number of ether oxygens (including phenoxy) is 1. The number of imidazole rings is 1. The van der Waals surface area contributed by atoms with E-state index in [0.717, 1.165) is 16.6 Å². The van der Waals surface area contributed by atoms with E-state index < -0.39 is 12.3 Å². The molecule has 0 spiro atoms. The Morgan fingerprint density at radius 3 is 2.44 bits per heavy atom. The van der Waals surface area contributed by atoms with Gasteiger partial charge in [-0.2, -0.15) is 0 Å². The monoisotopic (exact) mass is 469 g/mol. The average molecular weight is 469 g/mol. The van der Waals surface area contributed by atoms with E-state index in [2.05, 4.69) is 10.1 Å². The third-order valence-electron chi connectivity index (χ3n) is 5.39. The smallest absolute Gasteiger partial charge is 0.481 e. The first-order valence-electron chi connectivity index (χ1n) is 10.6. The van der Waals surface area contributed by atoms with Crippen molar-refractivity contribution in [3.63, 3.8) is 0 Å². The van der Waals surface area contributed by atoms with Gasteiger partial charge in [0, 0.05) is 12.1 Å². The zero-order valence-corrected chi connectivity index (χ0v) is 18.2. The minimum atomic E-state index is -4.76. The molecule has 0 aliphatic heterocycles. The lowest BCUT2D eigenvalue weighted by Gasteiger charge is -2.19. The summed E-state index contributed by atoms with van der Waals surface area (Å²) in [6.07, 6.45) is -4.35.